The van der Waals surface area contributed by atoms with E-state index >= 15 is 0 Å². The SMILES string of the molecule is Cc1cc(C)nc([C@@H]2CN(C(=O)C(C)(C)n3cncn3)CCO2)n1. The Hall–Kier alpha value is -2.35. The van der Waals surface area contributed by atoms with Gasteiger partial charge in [-0.2, -0.15) is 5.10 Å². The third-order valence-corrected chi connectivity index (χ3v) is 4.16. The molecule has 128 valence electrons. The highest BCUT2D eigenvalue weighted by Gasteiger charge is 2.37. The van der Waals surface area contributed by atoms with Crippen LogP contribution in [0.5, 0.6) is 0 Å². The molecule has 3 heterocycles. The van der Waals surface area contributed by atoms with Crippen LogP contribution in [0.2, 0.25) is 0 Å². The number of morpholine rings is 1. The predicted octanol–water partition coefficient (Wildman–Crippen LogP) is 1.02. The third kappa shape index (κ3) is 3.14. The Morgan fingerprint density at radius 2 is 2.00 bits per heavy atom. The fourth-order valence-corrected chi connectivity index (χ4v) is 2.87. The van der Waals surface area contributed by atoms with Gasteiger partial charge in [0.1, 0.15) is 24.3 Å². The minimum absolute atomic E-state index is 0.0225. The molecule has 3 rings (SSSR count). The lowest BCUT2D eigenvalue weighted by molar-refractivity contribution is -0.147. The Morgan fingerprint density at radius 3 is 2.62 bits per heavy atom. The van der Waals surface area contributed by atoms with E-state index in [-0.39, 0.29) is 12.0 Å². The number of nitrogens with zero attached hydrogens (tertiary/aromatic N) is 6. The van der Waals surface area contributed by atoms with Crippen molar-refractivity contribution in [3.05, 3.63) is 35.9 Å². The molecule has 0 aromatic carbocycles. The molecular weight excluding hydrogens is 308 g/mol. The van der Waals surface area contributed by atoms with Gasteiger partial charge in [-0.15, -0.1) is 0 Å². The fourth-order valence-electron chi connectivity index (χ4n) is 2.87. The van der Waals surface area contributed by atoms with Crippen molar-refractivity contribution >= 4 is 5.91 Å². The van der Waals surface area contributed by atoms with Crippen LogP contribution in [0.4, 0.5) is 0 Å². The summed E-state index contributed by atoms with van der Waals surface area (Å²) in [5.41, 5.74) is 0.988. The average molecular weight is 330 g/mol. The smallest absolute Gasteiger partial charge is 0.250 e. The minimum atomic E-state index is -0.804. The van der Waals surface area contributed by atoms with Crippen LogP contribution < -0.4 is 0 Å². The first-order valence-corrected chi connectivity index (χ1v) is 7.96. The zero-order valence-corrected chi connectivity index (χ0v) is 14.4. The van der Waals surface area contributed by atoms with Gasteiger partial charge in [0.05, 0.1) is 13.2 Å². The van der Waals surface area contributed by atoms with E-state index in [0.717, 1.165) is 11.4 Å². The van der Waals surface area contributed by atoms with Crippen LogP contribution in [0.15, 0.2) is 18.7 Å². The highest BCUT2D eigenvalue weighted by Crippen LogP contribution is 2.24. The molecule has 8 nitrogen and oxygen atoms in total. The molecule has 0 aliphatic carbocycles. The van der Waals surface area contributed by atoms with Gasteiger partial charge in [-0.25, -0.2) is 19.6 Å². The molecule has 24 heavy (non-hydrogen) atoms. The van der Waals surface area contributed by atoms with E-state index in [1.807, 2.05) is 33.8 Å². The zero-order valence-electron chi connectivity index (χ0n) is 14.4. The summed E-state index contributed by atoms with van der Waals surface area (Å²) in [5, 5.41) is 4.11. The van der Waals surface area contributed by atoms with Gasteiger partial charge in [0, 0.05) is 17.9 Å². The van der Waals surface area contributed by atoms with E-state index in [1.54, 1.807) is 15.9 Å². The second kappa shape index (κ2) is 6.27. The largest absolute Gasteiger partial charge is 0.367 e. The lowest BCUT2D eigenvalue weighted by atomic mass is 10.0. The van der Waals surface area contributed by atoms with E-state index < -0.39 is 5.54 Å². The Bertz CT molecular complexity index is 708. The van der Waals surface area contributed by atoms with E-state index in [0.29, 0.717) is 25.5 Å². The first-order valence-electron chi connectivity index (χ1n) is 7.96. The molecule has 1 atom stereocenters. The standard InChI is InChI=1S/C16H22N6O2/c1-11-7-12(2)20-14(19-11)13-8-21(5-6-24-13)15(23)16(3,4)22-10-17-9-18-22/h7,9-10,13H,5-6,8H2,1-4H3/t13-/m0/s1. The topological polar surface area (TPSA) is 86.0 Å². The van der Waals surface area contributed by atoms with Crippen LogP contribution >= 0.6 is 0 Å². The maximum absolute atomic E-state index is 13.0. The first-order chi connectivity index (χ1) is 11.4. The number of carbonyl (C=O) groups excluding carboxylic acids is 1. The van der Waals surface area contributed by atoms with Crippen molar-refractivity contribution < 1.29 is 9.53 Å². The molecule has 0 unspecified atom stereocenters. The molecule has 0 radical (unpaired) electrons. The lowest BCUT2D eigenvalue weighted by Crippen LogP contribution is -2.51. The maximum atomic E-state index is 13.0. The molecule has 0 bridgehead atoms. The molecule has 2 aromatic rings. The summed E-state index contributed by atoms with van der Waals surface area (Å²) in [6.45, 7) is 8.96. The van der Waals surface area contributed by atoms with Gasteiger partial charge in [0.15, 0.2) is 5.82 Å². The average Bonchev–Trinajstić information content (AvgIpc) is 3.08. The number of ether oxygens (including phenoxy) is 1. The Kier molecular flexibility index (Phi) is 4.31. The summed E-state index contributed by atoms with van der Waals surface area (Å²) in [5.74, 6) is 0.606. The van der Waals surface area contributed by atoms with Crippen LogP contribution in [0.3, 0.4) is 0 Å². The maximum Gasteiger partial charge on any atom is 0.250 e. The van der Waals surface area contributed by atoms with Crippen molar-refractivity contribution in [3.63, 3.8) is 0 Å². The molecule has 1 aliphatic heterocycles. The molecule has 0 saturated carbocycles. The molecule has 1 saturated heterocycles. The summed E-state index contributed by atoms with van der Waals surface area (Å²) < 4.78 is 7.38. The molecule has 0 N–H and O–H groups in total. The highest BCUT2D eigenvalue weighted by molar-refractivity contribution is 5.83. The van der Waals surface area contributed by atoms with Crippen molar-refractivity contribution in [3.8, 4) is 0 Å². The van der Waals surface area contributed by atoms with Crippen LogP contribution in [-0.4, -0.2) is 55.2 Å². The lowest BCUT2D eigenvalue weighted by Gasteiger charge is -2.37. The van der Waals surface area contributed by atoms with E-state index in [2.05, 4.69) is 20.1 Å². The summed E-state index contributed by atoms with van der Waals surface area (Å²) in [4.78, 5) is 27.6. The summed E-state index contributed by atoms with van der Waals surface area (Å²) in [6, 6.07) is 1.92. The fraction of sp³-hybridized carbons (Fsp3) is 0.562. The third-order valence-electron chi connectivity index (χ3n) is 4.16. The molecule has 0 spiro atoms. The second-order valence-electron chi connectivity index (χ2n) is 6.52. The van der Waals surface area contributed by atoms with Gasteiger partial charge in [0.2, 0.25) is 5.91 Å². The number of rotatable bonds is 3. The Balaban J connectivity index is 1.79. The van der Waals surface area contributed by atoms with Crippen molar-refractivity contribution in [1.82, 2.24) is 29.6 Å². The van der Waals surface area contributed by atoms with E-state index in [9.17, 15) is 4.79 Å². The molecule has 1 fully saturated rings. The van der Waals surface area contributed by atoms with Crippen molar-refractivity contribution in [1.29, 1.82) is 0 Å². The van der Waals surface area contributed by atoms with Gasteiger partial charge in [-0.1, -0.05) is 0 Å². The number of hydrogen-bond donors (Lipinski definition) is 0. The minimum Gasteiger partial charge on any atom is -0.367 e. The van der Waals surface area contributed by atoms with Gasteiger partial charge in [-0.05, 0) is 33.8 Å². The normalized spacial score (nSPS) is 18.7. The highest BCUT2D eigenvalue weighted by atomic mass is 16.5. The number of amides is 1. The van der Waals surface area contributed by atoms with Crippen molar-refractivity contribution in [2.75, 3.05) is 19.7 Å². The first kappa shape index (κ1) is 16.5. The Morgan fingerprint density at radius 1 is 1.29 bits per heavy atom. The molecule has 2 aromatic heterocycles. The molecule has 1 amide bonds. The summed E-state index contributed by atoms with van der Waals surface area (Å²) in [7, 11) is 0. The van der Waals surface area contributed by atoms with E-state index in [4.69, 9.17) is 4.74 Å². The van der Waals surface area contributed by atoms with Crippen LogP contribution in [0.1, 0.15) is 37.2 Å². The quantitative estimate of drug-likeness (QED) is 0.835. The van der Waals surface area contributed by atoms with Gasteiger partial charge >= 0.3 is 0 Å². The monoisotopic (exact) mass is 330 g/mol. The summed E-state index contributed by atoms with van der Waals surface area (Å²) in [6.07, 6.45) is 2.68. The molecule has 8 heteroatoms. The molecule has 1 aliphatic rings. The number of carbonyl (C=O) groups is 1. The number of aryl methyl sites for hydroxylation is 2. The Labute approximate surface area is 140 Å². The van der Waals surface area contributed by atoms with E-state index in [1.165, 1.54) is 6.33 Å². The van der Waals surface area contributed by atoms with Crippen molar-refractivity contribution in [2.45, 2.75) is 39.3 Å². The summed E-state index contributed by atoms with van der Waals surface area (Å²) >= 11 is 0. The predicted molar refractivity (Wildman–Crippen MR) is 86.1 cm³/mol. The van der Waals surface area contributed by atoms with Gasteiger partial charge in [0.25, 0.3) is 0 Å². The second-order valence-corrected chi connectivity index (χ2v) is 6.52. The zero-order chi connectivity index (χ0) is 17.3. The van der Waals surface area contributed by atoms with Gasteiger partial charge in [-0.3, -0.25) is 4.79 Å². The van der Waals surface area contributed by atoms with Crippen LogP contribution in [0.25, 0.3) is 0 Å². The van der Waals surface area contributed by atoms with Crippen molar-refractivity contribution in [2.24, 2.45) is 0 Å². The number of hydrogen-bond acceptors (Lipinski definition) is 6. The van der Waals surface area contributed by atoms with Crippen LogP contribution in [0, 0.1) is 13.8 Å². The number of aromatic nitrogens is 5. The molecular formula is C16H22N6O2. The van der Waals surface area contributed by atoms with Crippen LogP contribution in [-0.2, 0) is 15.1 Å². The van der Waals surface area contributed by atoms with Gasteiger partial charge < -0.3 is 9.64 Å².